The molecule has 4 N–H and O–H groups in total. The number of rotatable bonds is 8. The fourth-order valence-electron chi connectivity index (χ4n) is 5.38. The summed E-state index contributed by atoms with van der Waals surface area (Å²) >= 11 is 0. The first kappa shape index (κ1) is 29.9. The number of nitrogens with zero attached hydrogens (tertiary/aromatic N) is 5. The van der Waals surface area contributed by atoms with Gasteiger partial charge in [-0.3, -0.25) is 15.0 Å². The van der Waals surface area contributed by atoms with Gasteiger partial charge in [-0.25, -0.2) is 19.3 Å². The Hall–Kier alpha value is -4.56. The molecule has 2 amide bonds. The third-order valence-electron chi connectivity index (χ3n) is 7.55. The molecule has 1 aromatic carbocycles. The highest BCUT2D eigenvalue weighted by molar-refractivity contribution is 5.99. The Morgan fingerprint density at radius 2 is 1.81 bits per heavy atom. The number of piperidine rings is 1. The van der Waals surface area contributed by atoms with Gasteiger partial charge >= 0.3 is 12.2 Å². The van der Waals surface area contributed by atoms with Crippen molar-refractivity contribution in [3.8, 4) is 11.1 Å². The number of anilines is 3. The fourth-order valence-corrected chi connectivity index (χ4v) is 5.38. The lowest BCUT2D eigenvalue weighted by Gasteiger charge is -2.30. The highest BCUT2D eigenvalue weighted by atomic mass is 19.4. The lowest BCUT2D eigenvalue weighted by atomic mass is 9.93. The van der Waals surface area contributed by atoms with Crippen molar-refractivity contribution in [3.63, 3.8) is 0 Å². The zero-order valence-corrected chi connectivity index (χ0v) is 23.6. The number of aromatic nitrogens is 4. The minimum Gasteiger partial charge on any atom is -0.382 e. The maximum Gasteiger partial charge on any atom is 0.416 e. The number of carbonyl (C=O) groups is 2. The maximum absolute atomic E-state index is 13.0. The molecule has 0 unspecified atom stereocenters. The van der Waals surface area contributed by atoms with Crippen molar-refractivity contribution in [2.24, 2.45) is 5.92 Å². The summed E-state index contributed by atoms with van der Waals surface area (Å²) in [4.78, 5) is 34.6. The molecule has 4 aromatic rings. The van der Waals surface area contributed by atoms with Gasteiger partial charge in [0, 0.05) is 42.6 Å². The van der Waals surface area contributed by atoms with Crippen LogP contribution < -0.4 is 16.4 Å². The number of hydrogen-bond donors (Lipinski definition) is 3. The van der Waals surface area contributed by atoms with Crippen LogP contribution in [0.3, 0.4) is 0 Å². The number of pyridine rings is 1. The molecule has 1 saturated heterocycles. The number of urea groups is 1. The predicted molar refractivity (Wildman–Crippen MR) is 154 cm³/mol. The number of hydrogen-bond acceptors (Lipinski definition) is 8. The fraction of sp³-hybridized carbons (Fsp3) is 0.345. The van der Waals surface area contributed by atoms with Gasteiger partial charge in [-0.05, 0) is 62.7 Å². The van der Waals surface area contributed by atoms with E-state index in [1.165, 1.54) is 6.33 Å². The number of nitrogen functional groups attached to an aromatic ring is 1. The van der Waals surface area contributed by atoms with E-state index in [-0.39, 0.29) is 24.1 Å². The first-order valence-electron chi connectivity index (χ1n) is 13.6. The Morgan fingerprint density at radius 3 is 2.47 bits per heavy atom. The lowest BCUT2D eigenvalue weighted by Crippen LogP contribution is -2.35. The number of amides is 2. The molecule has 0 saturated carbocycles. The quantitative estimate of drug-likeness (QED) is 0.259. The Labute approximate surface area is 245 Å². The molecular formula is C29H31F3N8O3. The van der Waals surface area contributed by atoms with Gasteiger partial charge < -0.3 is 15.8 Å². The highest BCUT2D eigenvalue weighted by Gasteiger charge is 2.31. The number of carbonyl (C=O) groups excluding carboxylic acids is 2. The second-order valence-corrected chi connectivity index (χ2v) is 10.4. The van der Waals surface area contributed by atoms with Gasteiger partial charge in [0.25, 0.3) is 0 Å². The van der Waals surface area contributed by atoms with Crippen LogP contribution in [0.5, 0.6) is 0 Å². The second kappa shape index (κ2) is 12.4. The van der Waals surface area contributed by atoms with E-state index in [1.54, 1.807) is 42.8 Å². The van der Waals surface area contributed by atoms with Crippen LogP contribution in [0.25, 0.3) is 16.6 Å². The Kier molecular flexibility index (Phi) is 8.59. The van der Waals surface area contributed by atoms with Crippen molar-refractivity contribution in [1.82, 2.24) is 24.5 Å². The zero-order valence-electron chi connectivity index (χ0n) is 23.6. The van der Waals surface area contributed by atoms with E-state index in [4.69, 9.17) is 10.5 Å². The lowest BCUT2D eigenvalue weighted by molar-refractivity contribution is -0.137. The summed E-state index contributed by atoms with van der Waals surface area (Å²) in [5.74, 6) is 0.363. The SMILES string of the molecule is COCc1c(-c2ccc(NC(=O)Nc3cc(C(F)(F)F)ccn3)cc2)c2c(N)ncnn2c1CN1CCC(C(C)=O)CC1. The number of methoxy groups -OCH3 is 1. The van der Waals surface area contributed by atoms with Crippen molar-refractivity contribution in [1.29, 1.82) is 0 Å². The van der Waals surface area contributed by atoms with Crippen molar-refractivity contribution in [3.05, 3.63) is 65.7 Å². The number of ether oxygens (including phenoxy) is 1. The first-order valence-corrected chi connectivity index (χ1v) is 13.6. The number of alkyl halides is 3. The van der Waals surface area contributed by atoms with Crippen molar-refractivity contribution < 1.29 is 27.5 Å². The number of halogens is 3. The topological polar surface area (TPSA) is 140 Å². The van der Waals surface area contributed by atoms with Gasteiger partial charge in [-0.1, -0.05) is 12.1 Å². The molecule has 1 aliphatic heterocycles. The Morgan fingerprint density at radius 1 is 1.09 bits per heavy atom. The molecule has 226 valence electrons. The summed E-state index contributed by atoms with van der Waals surface area (Å²) in [5, 5.41) is 9.43. The number of nitrogens with two attached hydrogens (primary N) is 1. The number of ketones is 1. The monoisotopic (exact) mass is 596 g/mol. The minimum absolute atomic E-state index is 0.0859. The molecule has 1 fully saturated rings. The van der Waals surface area contributed by atoms with Crippen LogP contribution in [0.4, 0.5) is 35.3 Å². The molecule has 43 heavy (non-hydrogen) atoms. The molecule has 0 radical (unpaired) electrons. The van der Waals surface area contributed by atoms with E-state index >= 15 is 0 Å². The van der Waals surface area contributed by atoms with Crippen molar-refractivity contribution in [2.75, 3.05) is 36.6 Å². The Bertz CT molecular complexity index is 1630. The number of fused-ring (bicyclic) bond motifs is 1. The van der Waals surface area contributed by atoms with Crippen LogP contribution in [0, 0.1) is 5.92 Å². The summed E-state index contributed by atoms with van der Waals surface area (Å²) in [6.45, 7) is 4.05. The summed E-state index contributed by atoms with van der Waals surface area (Å²) in [6, 6.07) is 7.75. The average Bonchev–Trinajstić information content (AvgIpc) is 3.27. The number of nitrogens with one attached hydrogen (secondary N) is 2. The summed E-state index contributed by atoms with van der Waals surface area (Å²) in [7, 11) is 1.61. The summed E-state index contributed by atoms with van der Waals surface area (Å²) in [6.07, 6.45) is -0.580. The Balaban J connectivity index is 1.40. The van der Waals surface area contributed by atoms with Crippen LogP contribution in [-0.2, 0) is 28.9 Å². The van der Waals surface area contributed by atoms with Crippen LogP contribution in [0.2, 0.25) is 0 Å². The van der Waals surface area contributed by atoms with E-state index in [9.17, 15) is 22.8 Å². The molecule has 14 heteroatoms. The molecule has 11 nitrogen and oxygen atoms in total. The molecule has 0 bridgehead atoms. The minimum atomic E-state index is -4.56. The van der Waals surface area contributed by atoms with E-state index in [0.29, 0.717) is 23.6 Å². The molecule has 5 rings (SSSR count). The summed E-state index contributed by atoms with van der Waals surface area (Å²) in [5.41, 5.74) is 9.82. The maximum atomic E-state index is 13.0. The third kappa shape index (κ3) is 6.60. The normalized spacial score (nSPS) is 14.6. The first-order chi connectivity index (χ1) is 20.5. The molecule has 4 heterocycles. The van der Waals surface area contributed by atoms with Crippen LogP contribution in [0.15, 0.2) is 48.9 Å². The van der Waals surface area contributed by atoms with Crippen molar-refractivity contribution >= 4 is 34.7 Å². The molecular weight excluding hydrogens is 565 g/mol. The van der Waals surface area contributed by atoms with Crippen LogP contribution >= 0.6 is 0 Å². The average molecular weight is 597 g/mol. The van der Waals surface area contributed by atoms with Gasteiger partial charge in [0.05, 0.1) is 17.9 Å². The molecule has 0 atom stereocenters. The molecule has 0 spiro atoms. The largest absolute Gasteiger partial charge is 0.416 e. The van der Waals surface area contributed by atoms with Crippen molar-refractivity contribution in [2.45, 2.75) is 39.1 Å². The summed E-state index contributed by atoms with van der Waals surface area (Å²) < 4.78 is 46.4. The van der Waals surface area contributed by atoms with Gasteiger partial charge in [0.2, 0.25) is 0 Å². The van der Waals surface area contributed by atoms with E-state index < -0.39 is 17.8 Å². The number of benzene rings is 1. The molecule has 1 aliphatic rings. The zero-order chi connectivity index (χ0) is 30.7. The van der Waals surface area contributed by atoms with E-state index in [0.717, 1.165) is 66.6 Å². The van der Waals surface area contributed by atoms with E-state index in [1.807, 2.05) is 0 Å². The van der Waals surface area contributed by atoms with Gasteiger partial charge in [0.15, 0.2) is 5.82 Å². The van der Waals surface area contributed by atoms with Crippen LogP contribution in [0.1, 0.15) is 36.6 Å². The third-order valence-corrected chi connectivity index (χ3v) is 7.55. The molecule has 3 aromatic heterocycles. The number of Topliss-reactive ketones (excluding diaryl/α,β-unsaturated/α-hetero) is 1. The predicted octanol–water partition coefficient (Wildman–Crippen LogP) is 4.98. The van der Waals surface area contributed by atoms with Gasteiger partial charge in [-0.15, -0.1) is 0 Å². The smallest absolute Gasteiger partial charge is 0.382 e. The molecule has 0 aliphatic carbocycles. The van der Waals surface area contributed by atoms with Gasteiger partial charge in [-0.2, -0.15) is 18.3 Å². The second-order valence-electron chi connectivity index (χ2n) is 10.4. The standard InChI is InChI=1S/C29H31F3N8O3/c1-17(41)18-8-11-39(12-9-18)14-23-22(15-43-2)25(26-27(33)35-16-36-40(23)26)19-3-5-21(6-4-19)37-28(42)38-24-13-20(7-10-34-24)29(30,31)32/h3-7,10,13,16,18H,8-9,11-12,14-15H2,1-2H3,(H2,33,35,36)(H2,34,37,38,42). The van der Waals surface area contributed by atoms with Crippen LogP contribution in [-0.4, -0.2) is 56.5 Å². The highest BCUT2D eigenvalue weighted by Crippen LogP contribution is 2.37. The van der Waals surface area contributed by atoms with Gasteiger partial charge in [0.1, 0.15) is 23.4 Å². The number of likely N-dealkylation sites (tertiary alicyclic amines) is 1. The van der Waals surface area contributed by atoms with E-state index in [2.05, 4.69) is 30.6 Å².